The summed E-state index contributed by atoms with van der Waals surface area (Å²) < 4.78 is 0. The number of rotatable bonds is 7. The van der Waals surface area contributed by atoms with E-state index in [2.05, 4.69) is 56.7 Å². The van der Waals surface area contributed by atoms with Crippen LogP contribution in [0.1, 0.15) is 24.5 Å². The minimum Gasteiger partial charge on any atom is -0.357 e. The summed E-state index contributed by atoms with van der Waals surface area (Å²) in [5, 5.41) is 6.52. The highest BCUT2D eigenvalue weighted by atomic mass is 16.2. The summed E-state index contributed by atoms with van der Waals surface area (Å²) in [5.41, 5.74) is 2.41. The predicted octanol–water partition coefficient (Wildman–Crippen LogP) is 2.18. The Balaban J connectivity index is 1.42. The van der Waals surface area contributed by atoms with Gasteiger partial charge in [0.1, 0.15) is 5.82 Å². The lowest BCUT2D eigenvalue weighted by atomic mass is 10.1. The molecule has 0 saturated carbocycles. The van der Waals surface area contributed by atoms with E-state index >= 15 is 0 Å². The lowest BCUT2D eigenvalue weighted by molar-refractivity contribution is -0.131. The standard InChI is InChI=1S/C23H32N6O/c1-3-24-23(27-18-20-9-7-19(2)8-10-20)26-13-11-22(30)29-16-14-28(15-17-29)21-6-4-5-12-25-21/h4-10,12H,3,11,13-18H2,1-2H3,(H2,24,26,27). The van der Waals surface area contributed by atoms with Crippen LogP contribution in [0.3, 0.4) is 0 Å². The number of guanidine groups is 1. The maximum Gasteiger partial charge on any atom is 0.224 e. The van der Waals surface area contributed by atoms with E-state index in [4.69, 9.17) is 0 Å². The van der Waals surface area contributed by atoms with Crippen molar-refractivity contribution in [2.24, 2.45) is 4.99 Å². The summed E-state index contributed by atoms with van der Waals surface area (Å²) >= 11 is 0. The molecule has 1 aliphatic rings. The summed E-state index contributed by atoms with van der Waals surface area (Å²) in [6, 6.07) is 14.3. The maximum absolute atomic E-state index is 12.6. The molecule has 2 N–H and O–H groups in total. The van der Waals surface area contributed by atoms with Crippen LogP contribution in [-0.2, 0) is 11.3 Å². The van der Waals surface area contributed by atoms with Gasteiger partial charge in [0.15, 0.2) is 5.96 Å². The first-order valence-electron chi connectivity index (χ1n) is 10.7. The molecule has 30 heavy (non-hydrogen) atoms. The number of hydrogen-bond acceptors (Lipinski definition) is 4. The Labute approximate surface area is 179 Å². The molecule has 0 spiro atoms. The number of hydrogen-bond donors (Lipinski definition) is 2. The van der Waals surface area contributed by atoms with Gasteiger partial charge >= 0.3 is 0 Å². The molecule has 3 rings (SSSR count). The fourth-order valence-corrected chi connectivity index (χ4v) is 3.38. The number of amides is 1. The van der Waals surface area contributed by atoms with Crippen LogP contribution < -0.4 is 15.5 Å². The Kier molecular flexibility index (Phi) is 8.06. The molecule has 0 atom stereocenters. The molecule has 1 aromatic heterocycles. The molecule has 1 saturated heterocycles. The van der Waals surface area contributed by atoms with Crippen LogP contribution in [0.15, 0.2) is 53.7 Å². The van der Waals surface area contributed by atoms with Crippen molar-refractivity contribution < 1.29 is 4.79 Å². The summed E-state index contributed by atoms with van der Waals surface area (Å²) in [4.78, 5) is 25.8. The fourth-order valence-electron chi connectivity index (χ4n) is 3.38. The van der Waals surface area contributed by atoms with E-state index in [1.807, 2.05) is 30.0 Å². The minimum atomic E-state index is 0.178. The van der Waals surface area contributed by atoms with Crippen LogP contribution in [-0.4, -0.2) is 61.0 Å². The number of nitrogens with zero attached hydrogens (tertiary/aromatic N) is 4. The molecule has 0 radical (unpaired) electrons. The van der Waals surface area contributed by atoms with Crippen molar-refractivity contribution in [2.45, 2.75) is 26.8 Å². The van der Waals surface area contributed by atoms with Gasteiger partial charge in [0.2, 0.25) is 5.91 Å². The second-order valence-electron chi connectivity index (χ2n) is 7.41. The SMILES string of the molecule is CCNC(=NCc1ccc(C)cc1)NCCC(=O)N1CCN(c2ccccn2)CC1. The number of carbonyl (C=O) groups excluding carboxylic acids is 1. The largest absolute Gasteiger partial charge is 0.357 e. The van der Waals surface area contributed by atoms with Crippen molar-refractivity contribution in [3.05, 3.63) is 59.8 Å². The number of aliphatic imine (C=N–C) groups is 1. The Morgan fingerprint density at radius 1 is 1.07 bits per heavy atom. The van der Waals surface area contributed by atoms with Gasteiger partial charge in [-0.15, -0.1) is 0 Å². The van der Waals surface area contributed by atoms with Crippen LogP contribution in [0.4, 0.5) is 5.82 Å². The molecule has 0 unspecified atom stereocenters. The van der Waals surface area contributed by atoms with Gasteiger partial charge in [-0.3, -0.25) is 4.79 Å². The number of piperazine rings is 1. The average Bonchev–Trinajstić information content (AvgIpc) is 2.79. The van der Waals surface area contributed by atoms with Crippen LogP contribution in [0.25, 0.3) is 0 Å². The van der Waals surface area contributed by atoms with Crippen molar-refractivity contribution >= 4 is 17.7 Å². The van der Waals surface area contributed by atoms with E-state index in [1.54, 1.807) is 6.20 Å². The van der Waals surface area contributed by atoms with Crippen molar-refractivity contribution in [1.82, 2.24) is 20.5 Å². The third kappa shape index (κ3) is 6.47. The topological polar surface area (TPSA) is 72.9 Å². The molecule has 7 nitrogen and oxygen atoms in total. The molecule has 160 valence electrons. The van der Waals surface area contributed by atoms with Crippen LogP contribution in [0.5, 0.6) is 0 Å². The van der Waals surface area contributed by atoms with Crippen LogP contribution in [0, 0.1) is 6.92 Å². The fraction of sp³-hybridized carbons (Fsp3) is 0.435. The number of aryl methyl sites for hydroxylation is 1. The van der Waals surface area contributed by atoms with Gasteiger partial charge in [0.25, 0.3) is 0 Å². The zero-order valence-corrected chi connectivity index (χ0v) is 18.0. The van der Waals surface area contributed by atoms with Gasteiger partial charge in [-0.2, -0.15) is 0 Å². The van der Waals surface area contributed by atoms with Crippen LogP contribution >= 0.6 is 0 Å². The smallest absolute Gasteiger partial charge is 0.224 e. The summed E-state index contributed by atoms with van der Waals surface area (Å²) in [5.74, 6) is 1.90. The van der Waals surface area contributed by atoms with Gasteiger partial charge < -0.3 is 20.4 Å². The average molecular weight is 409 g/mol. The number of aromatic nitrogens is 1. The van der Waals surface area contributed by atoms with E-state index in [-0.39, 0.29) is 5.91 Å². The first-order chi connectivity index (χ1) is 14.7. The molecule has 1 fully saturated rings. The van der Waals surface area contributed by atoms with E-state index in [0.717, 1.165) is 44.5 Å². The molecular formula is C23H32N6O. The van der Waals surface area contributed by atoms with Crippen molar-refractivity contribution in [1.29, 1.82) is 0 Å². The van der Waals surface area contributed by atoms with Gasteiger partial charge in [-0.25, -0.2) is 9.98 Å². The van der Waals surface area contributed by atoms with E-state index in [1.165, 1.54) is 11.1 Å². The third-order valence-corrected chi connectivity index (χ3v) is 5.12. The number of carbonyl (C=O) groups is 1. The highest BCUT2D eigenvalue weighted by Gasteiger charge is 2.21. The third-order valence-electron chi connectivity index (χ3n) is 5.12. The predicted molar refractivity (Wildman–Crippen MR) is 122 cm³/mol. The molecule has 0 bridgehead atoms. The molecule has 0 aliphatic carbocycles. The Morgan fingerprint density at radius 2 is 1.83 bits per heavy atom. The molecule has 1 aromatic carbocycles. The number of anilines is 1. The normalized spacial score (nSPS) is 14.5. The van der Waals surface area contributed by atoms with Crippen molar-refractivity contribution in [3.8, 4) is 0 Å². The van der Waals surface area contributed by atoms with Crippen molar-refractivity contribution in [2.75, 3.05) is 44.2 Å². The summed E-state index contributed by atoms with van der Waals surface area (Å²) in [6.45, 7) is 9.17. The van der Waals surface area contributed by atoms with E-state index in [9.17, 15) is 4.79 Å². The molecule has 2 aromatic rings. The van der Waals surface area contributed by atoms with E-state index < -0.39 is 0 Å². The summed E-state index contributed by atoms with van der Waals surface area (Å²) in [6.07, 6.45) is 2.26. The highest BCUT2D eigenvalue weighted by molar-refractivity contribution is 5.81. The van der Waals surface area contributed by atoms with Gasteiger partial charge in [0.05, 0.1) is 6.54 Å². The van der Waals surface area contributed by atoms with Crippen molar-refractivity contribution in [3.63, 3.8) is 0 Å². The maximum atomic E-state index is 12.6. The highest BCUT2D eigenvalue weighted by Crippen LogP contribution is 2.13. The Bertz CT molecular complexity index is 813. The number of nitrogens with one attached hydrogen (secondary N) is 2. The number of pyridine rings is 1. The quantitative estimate of drug-likeness (QED) is 0.543. The monoisotopic (exact) mass is 408 g/mol. The lowest BCUT2D eigenvalue weighted by Crippen LogP contribution is -2.49. The first-order valence-corrected chi connectivity index (χ1v) is 10.7. The lowest BCUT2D eigenvalue weighted by Gasteiger charge is -2.35. The zero-order chi connectivity index (χ0) is 21.2. The molecular weight excluding hydrogens is 376 g/mol. The molecule has 7 heteroatoms. The van der Waals surface area contributed by atoms with Gasteiger partial charge in [-0.1, -0.05) is 35.9 Å². The minimum absolute atomic E-state index is 0.178. The Morgan fingerprint density at radius 3 is 2.50 bits per heavy atom. The van der Waals surface area contributed by atoms with Gasteiger partial charge in [0, 0.05) is 51.9 Å². The second-order valence-corrected chi connectivity index (χ2v) is 7.41. The van der Waals surface area contributed by atoms with E-state index in [0.29, 0.717) is 19.5 Å². The Hall–Kier alpha value is -3.09. The van der Waals surface area contributed by atoms with Crippen LogP contribution in [0.2, 0.25) is 0 Å². The first kappa shape index (κ1) is 21.6. The number of benzene rings is 1. The molecule has 1 amide bonds. The summed E-state index contributed by atoms with van der Waals surface area (Å²) in [7, 11) is 0. The molecule has 2 heterocycles. The zero-order valence-electron chi connectivity index (χ0n) is 18.0. The van der Waals surface area contributed by atoms with Gasteiger partial charge in [-0.05, 0) is 31.5 Å². The molecule has 1 aliphatic heterocycles. The second kappa shape index (κ2) is 11.2.